The molecule has 0 spiro atoms. The van der Waals surface area contributed by atoms with Crippen LogP contribution in [0.3, 0.4) is 0 Å². The summed E-state index contributed by atoms with van der Waals surface area (Å²) >= 11 is 0. The molecule has 0 atom stereocenters. The van der Waals surface area contributed by atoms with Crippen LogP contribution in [0, 0.1) is 6.92 Å². The molecule has 0 radical (unpaired) electrons. The van der Waals surface area contributed by atoms with Crippen molar-refractivity contribution in [2.24, 2.45) is 0 Å². The summed E-state index contributed by atoms with van der Waals surface area (Å²) in [5.74, 6) is 0.628. The van der Waals surface area contributed by atoms with Crippen molar-refractivity contribution >= 4 is 10.9 Å². The minimum Gasteiger partial charge on any atom is -0.481 e. The van der Waals surface area contributed by atoms with Crippen molar-refractivity contribution in [2.75, 3.05) is 7.11 Å². The number of pyridine rings is 2. The largest absolute Gasteiger partial charge is 0.481 e. The maximum absolute atomic E-state index is 5.04. The highest BCUT2D eigenvalue weighted by molar-refractivity contribution is 5.81. The predicted octanol–water partition coefficient (Wildman–Crippen LogP) is 4.00. The molecule has 0 amide bonds. The van der Waals surface area contributed by atoms with Crippen molar-refractivity contribution in [3.63, 3.8) is 0 Å². The number of nitrogens with zero attached hydrogens (tertiary/aromatic N) is 2. The number of hydrogen-bond donors (Lipinski definition) is 0. The highest BCUT2D eigenvalue weighted by atomic mass is 16.5. The van der Waals surface area contributed by atoms with Crippen LogP contribution >= 0.6 is 0 Å². The van der Waals surface area contributed by atoms with Gasteiger partial charge in [0.2, 0.25) is 5.88 Å². The summed E-state index contributed by atoms with van der Waals surface area (Å²) in [7, 11) is 1.61. The molecule has 2 aromatic rings. The molecule has 3 heteroatoms. The number of fused-ring (bicyclic) bond motifs is 1. The number of hydrogen-bond acceptors (Lipinski definition) is 3. The highest BCUT2D eigenvalue weighted by Gasteiger charge is 2.00. The third kappa shape index (κ3) is 4.02. The van der Waals surface area contributed by atoms with Gasteiger partial charge < -0.3 is 4.74 Å². The zero-order valence-corrected chi connectivity index (χ0v) is 11.6. The molecule has 17 heavy (non-hydrogen) atoms. The number of aryl methyl sites for hydroxylation is 1. The van der Waals surface area contributed by atoms with E-state index in [1.54, 1.807) is 19.5 Å². The van der Waals surface area contributed by atoms with Crippen LogP contribution in [0.25, 0.3) is 10.9 Å². The Balaban J connectivity index is 0.000000581. The molecule has 0 N–H and O–H groups in total. The molecular formula is C14H22N2O. The Kier molecular flexibility index (Phi) is 7.68. The van der Waals surface area contributed by atoms with Gasteiger partial charge in [-0.25, -0.2) is 4.98 Å². The molecule has 0 fully saturated rings. The minimum absolute atomic E-state index is 0.628. The van der Waals surface area contributed by atoms with Crippen molar-refractivity contribution in [1.29, 1.82) is 0 Å². The van der Waals surface area contributed by atoms with Crippen molar-refractivity contribution in [3.05, 3.63) is 30.1 Å². The zero-order chi connectivity index (χ0) is 13.3. The molecule has 3 nitrogen and oxygen atoms in total. The molecule has 94 valence electrons. The molecule has 0 bridgehead atoms. The quantitative estimate of drug-likeness (QED) is 0.748. The average Bonchev–Trinajstić information content (AvgIpc) is 2.43. The van der Waals surface area contributed by atoms with Gasteiger partial charge in [-0.1, -0.05) is 27.7 Å². The first-order valence-corrected chi connectivity index (χ1v) is 6.06. The van der Waals surface area contributed by atoms with E-state index in [0.29, 0.717) is 5.88 Å². The Morgan fingerprint density at radius 3 is 2.29 bits per heavy atom. The fourth-order valence-corrected chi connectivity index (χ4v) is 1.28. The van der Waals surface area contributed by atoms with E-state index in [-0.39, 0.29) is 0 Å². The summed E-state index contributed by atoms with van der Waals surface area (Å²) in [6.45, 7) is 10.0. The van der Waals surface area contributed by atoms with Crippen LogP contribution in [-0.2, 0) is 0 Å². The average molecular weight is 234 g/mol. The van der Waals surface area contributed by atoms with Crippen LogP contribution in [-0.4, -0.2) is 17.1 Å². The lowest BCUT2D eigenvalue weighted by Gasteiger charge is -2.02. The Morgan fingerprint density at radius 1 is 1.06 bits per heavy atom. The van der Waals surface area contributed by atoms with Gasteiger partial charge in [-0.2, -0.15) is 0 Å². The summed E-state index contributed by atoms with van der Waals surface area (Å²) in [5.41, 5.74) is 2.09. The van der Waals surface area contributed by atoms with E-state index >= 15 is 0 Å². The van der Waals surface area contributed by atoms with E-state index in [4.69, 9.17) is 4.74 Å². The molecule has 0 saturated carbocycles. The summed E-state index contributed by atoms with van der Waals surface area (Å²) in [5, 5.41) is 1.09. The Bertz CT molecular complexity index is 441. The Hall–Kier alpha value is -1.64. The van der Waals surface area contributed by atoms with Crippen LogP contribution in [0.2, 0.25) is 0 Å². The van der Waals surface area contributed by atoms with Gasteiger partial charge in [0.25, 0.3) is 0 Å². The van der Waals surface area contributed by atoms with Gasteiger partial charge in [-0.15, -0.1) is 0 Å². The first-order chi connectivity index (χ1) is 8.31. The third-order valence-electron chi connectivity index (χ3n) is 2.03. The van der Waals surface area contributed by atoms with Gasteiger partial charge in [0.1, 0.15) is 0 Å². The first kappa shape index (κ1) is 15.4. The van der Waals surface area contributed by atoms with E-state index in [1.807, 2.05) is 46.8 Å². The molecule has 0 aliphatic carbocycles. The topological polar surface area (TPSA) is 35.0 Å². The van der Waals surface area contributed by atoms with Crippen LogP contribution in [0.1, 0.15) is 33.3 Å². The first-order valence-electron chi connectivity index (χ1n) is 6.06. The van der Waals surface area contributed by atoms with Gasteiger partial charge in [0, 0.05) is 17.6 Å². The molecular weight excluding hydrogens is 212 g/mol. The molecule has 2 aromatic heterocycles. The van der Waals surface area contributed by atoms with Crippen LogP contribution < -0.4 is 4.74 Å². The van der Waals surface area contributed by atoms with Crippen molar-refractivity contribution < 1.29 is 4.74 Å². The normalized spacial score (nSPS) is 8.59. The van der Waals surface area contributed by atoms with Crippen LogP contribution in [0.15, 0.2) is 24.5 Å². The third-order valence-corrected chi connectivity index (χ3v) is 2.03. The second kappa shape index (κ2) is 8.50. The van der Waals surface area contributed by atoms with Gasteiger partial charge in [0.15, 0.2) is 0 Å². The number of rotatable bonds is 1. The van der Waals surface area contributed by atoms with Crippen LogP contribution in [0.5, 0.6) is 5.88 Å². The molecule has 2 heterocycles. The van der Waals surface area contributed by atoms with Crippen LogP contribution in [0.4, 0.5) is 0 Å². The lowest BCUT2D eigenvalue weighted by Crippen LogP contribution is -1.89. The van der Waals surface area contributed by atoms with E-state index < -0.39 is 0 Å². The number of methoxy groups -OCH3 is 1. The van der Waals surface area contributed by atoms with Gasteiger partial charge in [-0.3, -0.25) is 4.98 Å². The van der Waals surface area contributed by atoms with Gasteiger partial charge in [0.05, 0.1) is 18.8 Å². The van der Waals surface area contributed by atoms with Crippen molar-refractivity contribution in [3.8, 4) is 5.88 Å². The SMILES string of the molecule is CC.CC.COc1cc2c(C)ccnc2cn1. The number of aromatic nitrogens is 2. The van der Waals surface area contributed by atoms with Gasteiger partial charge >= 0.3 is 0 Å². The Morgan fingerprint density at radius 2 is 1.71 bits per heavy atom. The molecule has 0 saturated heterocycles. The molecule has 0 unspecified atom stereocenters. The monoisotopic (exact) mass is 234 g/mol. The molecule has 0 aliphatic heterocycles. The van der Waals surface area contributed by atoms with Crippen molar-refractivity contribution in [2.45, 2.75) is 34.6 Å². The lowest BCUT2D eigenvalue weighted by atomic mass is 10.2. The summed E-state index contributed by atoms with van der Waals surface area (Å²) in [6.07, 6.45) is 3.51. The van der Waals surface area contributed by atoms with E-state index in [0.717, 1.165) is 10.9 Å². The number of ether oxygens (including phenoxy) is 1. The Labute approximate surface area is 104 Å². The maximum Gasteiger partial charge on any atom is 0.213 e. The smallest absolute Gasteiger partial charge is 0.213 e. The second-order valence-electron chi connectivity index (χ2n) is 2.87. The highest BCUT2D eigenvalue weighted by Crippen LogP contribution is 2.18. The fraction of sp³-hybridized carbons (Fsp3) is 0.429. The molecule has 0 aromatic carbocycles. The molecule has 0 aliphatic rings. The lowest BCUT2D eigenvalue weighted by molar-refractivity contribution is 0.398. The summed E-state index contributed by atoms with van der Waals surface area (Å²) < 4.78 is 5.04. The molecule has 2 rings (SSSR count). The van der Waals surface area contributed by atoms with E-state index in [9.17, 15) is 0 Å². The minimum atomic E-state index is 0.628. The van der Waals surface area contributed by atoms with Crippen molar-refractivity contribution in [1.82, 2.24) is 9.97 Å². The fourth-order valence-electron chi connectivity index (χ4n) is 1.28. The zero-order valence-electron chi connectivity index (χ0n) is 11.6. The maximum atomic E-state index is 5.04. The predicted molar refractivity (Wildman–Crippen MR) is 73.5 cm³/mol. The van der Waals surface area contributed by atoms with E-state index in [1.165, 1.54) is 5.56 Å². The van der Waals surface area contributed by atoms with Gasteiger partial charge in [-0.05, 0) is 18.6 Å². The van der Waals surface area contributed by atoms with E-state index in [2.05, 4.69) is 9.97 Å². The standard InChI is InChI=1S/C10H10N2O.2C2H6/c1-7-3-4-11-9-6-12-10(13-2)5-8(7)9;2*1-2/h3-6H,1-2H3;2*1-2H3. The summed E-state index contributed by atoms with van der Waals surface area (Å²) in [6, 6.07) is 3.87. The summed E-state index contributed by atoms with van der Waals surface area (Å²) in [4.78, 5) is 8.28. The second-order valence-corrected chi connectivity index (χ2v) is 2.87.